The zero-order valence-electron chi connectivity index (χ0n) is 12.0. The van der Waals surface area contributed by atoms with Gasteiger partial charge in [-0.3, -0.25) is 4.79 Å². The van der Waals surface area contributed by atoms with Gasteiger partial charge in [-0.25, -0.2) is 0 Å². The van der Waals surface area contributed by atoms with Gasteiger partial charge in [0.15, 0.2) is 0 Å². The fourth-order valence-electron chi connectivity index (χ4n) is 1.41. The Morgan fingerprint density at radius 2 is 2.05 bits per heavy atom. The average Bonchev–Trinajstić information content (AvgIpc) is 2.31. The Bertz CT molecular complexity index is 516. The maximum atomic E-state index is 11.9. The van der Waals surface area contributed by atoms with Crippen LogP contribution in [0.15, 0.2) is 18.2 Å². The highest BCUT2D eigenvalue weighted by atomic mass is 16.2. The van der Waals surface area contributed by atoms with Crippen LogP contribution in [-0.4, -0.2) is 17.6 Å². The molecular formula is C16H21NO2. The van der Waals surface area contributed by atoms with Gasteiger partial charge in [-0.15, -0.1) is 0 Å². The van der Waals surface area contributed by atoms with Crippen molar-refractivity contribution < 1.29 is 9.90 Å². The molecule has 1 aromatic rings. The first-order valence-corrected chi connectivity index (χ1v) is 6.36. The van der Waals surface area contributed by atoms with Crippen molar-refractivity contribution in [2.24, 2.45) is 5.41 Å². The summed E-state index contributed by atoms with van der Waals surface area (Å²) in [4.78, 5) is 11.9. The summed E-state index contributed by atoms with van der Waals surface area (Å²) in [6.07, 6.45) is 0.474. The van der Waals surface area contributed by atoms with Crippen molar-refractivity contribution in [3.05, 3.63) is 29.3 Å². The second-order valence-electron chi connectivity index (χ2n) is 5.51. The first-order valence-electron chi connectivity index (χ1n) is 6.36. The number of amides is 1. The summed E-state index contributed by atoms with van der Waals surface area (Å²) < 4.78 is 0. The van der Waals surface area contributed by atoms with E-state index in [9.17, 15) is 4.79 Å². The number of carbonyl (C=O) groups excluding carboxylic acids is 1. The number of hydrogen-bond donors (Lipinski definition) is 2. The largest absolute Gasteiger partial charge is 0.395 e. The van der Waals surface area contributed by atoms with E-state index in [1.807, 2.05) is 45.9 Å². The number of hydrogen-bond acceptors (Lipinski definition) is 2. The van der Waals surface area contributed by atoms with Crippen LogP contribution in [0.4, 0.5) is 5.69 Å². The van der Waals surface area contributed by atoms with Gasteiger partial charge in [0, 0.05) is 23.1 Å². The molecule has 3 heteroatoms. The fourth-order valence-corrected chi connectivity index (χ4v) is 1.41. The second kappa shape index (κ2) is 6.40. The highest BCUT2D eigenvalue weighted by Gasteiger charge is 2.21. The molecule has 19 heavy (non-hydrogen) atoms. The Kier molecular flexibility index (Phi) is 5.14. The van der Waals surface area contributed by atoms with Gasteiger partial charge in [0.1, 0.15) is 0 Å². The minimum absolute atomic E-state index is 0.00489. The van der Waals surface area contributed by atoms with Crippen molar-refractivity contribution in [1.82, 2.24) is 0 Å². The second-order valence-corrected chi connectivity index (χ2v) is 5.51. The lowest BCUT2D eigenvalue weighted by atomic mass is 9.95. The molecular weight excluding hydrogens is 238 g/mol. The molecule has 0 bridgehead atoms. The predicted molar refractivity (Wildman–Crippen MR) is 77.8 cm³/mol. The lowest BCUT2D eigenvalue weighted by Gasteiger charge is -2.18. The van der Waals surface area contributed by atoms with Crippen LogP contribution < -0.4 is 5.32 Å². The summed E-state index contributed by atoms with van der Waals surface area (Å²) in [7, 11) is 0. The third-order valence-corrected chi connectivity index (χ3v) is 2.63. The lowest BCUT2D eigenvalue weighted by Crippen LogP contribution is -2.27. The highest BCUT2D eigenvalue weighted by molar-refractivity contribution is 5.95. The minimum Gasteiger partial charge on any atom is -0.395 e. The molecule has 3 nitrogen and oxygen atoms in total. The van der Waals surface area contributed by atoms with Crippen LogP contribution in [-0.2, 0) is 4.79 Å². The van der Waals surface area contributed by atoms with Crippen LogP contribution in [0.1, 0.15) is 38.3 Å². The molecule has 0 atom stereocenters. The highest BCUT2D eigenvalue weighted by Crippen LogP contribution is 2.20. The van der Waals surface area contributed by atoms with E-state index in [0.717, 1.165) is 16.8 Å². The first kappa shape index (κ1) is 15.3. The molecule has 0 spiro atoms. The summed E-state index contributed by atoms with van der Waals surface area (Å²) in [5.41, 5.74) is 2.27. The molecule has 2 N–H and O–H groups in total. The smallest absolute Gasteiger partial charge is 0.229 e. The van der Waals surface area contributed by atoms with Crippen LogP contribution in [0.25, 0.3) is 0 Å². The van der Waals surface area contributed by atoms with Crippen molar-refractivity contribution in [3.8, 4) is 11.8 Å². The summed E-state index contributed by atoms with van der Waals surface area (Å²) in [5.74, 6) is 5.85. The van der Waals surface area contributed by atoms with Gasteiger partial charge in [0.05, 0.1) is 6.61 Å². The zero-order chi connectivity index (χ0) is 14.5. The van der Waals surface area contributed by atoms with Crippen molar-refractivity contribution in [3.63, 3.8) is 0 Å². The molecule has 0 saturated heterocycles. The zero-order valence-corrected chi connectivity index (χ0v) is 12.0. The Morgan fingerprint density at radius 1 is 1.37 bits per heavy atom. The molecule has 0 aliphatic rings. The molecule has 0 heterocycles. The van der Waals surface area contributed by atoms with Gasteiger partial charge in [0.2, 0.25) is 5.91 Å². The standard InChI is InChI=1S/C16H21NO2/c1-12-11-13(7-5-6-10-18)8-9-14(12)17-15(19)16(2,3)4/h8-9,11,18H,6,10H2,1-4H3,(H,17,19). The van der Waals surface area contributed by atoms with E-state index in [1.165, 1.54) is 0 Å². The van der Waals surface area contributed by atoms with E-state index >= 15 is 0 Å². The third kappa shape index (κ3) is 4.76. The Labute approximate surface area is 115 Å². The summed E-state index contributed by atoms with van der Waals surface area (Å²) in [5, 5.41) is 11.6. The maximum absolute atomic E-state index is 11.9. The molecule has 0 aliphatic carbocycles. The summed E-state index contributed by atoms with van der Waals surface area (Å²) in [6, 6.07) is 5.67. The molecule has 0 unspecified atom stereocenters. The topological polar surface area (TPSA) is 49.3 Å². The number of anilines is 1. The number of benzene rings is 1. The van der Waals surface area contributed by atoms with Crippen LogP contribution in [0.5, 0.6) is 0 Å². The van der Waals surface area contributed by atoms with Crippen molar-refractivity contribution in [2.75, 3.05) is 11.9 Å². The molecule has 0 radical (unpaired) electrons. The van der Waals surface area contributed by atoms with Crippen LogP contribution >= 0.6 is 0 Å². The molecule has 1 amide bonds. The molecule has 0 saturated carbocycles. The molecule has 1 rings (SSSR count). The van der Waals surface area contributed by atoms with E-state index in [1.54, 1.807) is 0 Å². The van der Waals surface area contributed by atoms with E-state index in [2.05, 4.69) is 17.2 Å². The summed E-state index contributed by atoms with van der Waals surface area (Å²) in [6.45, 7) is 7.66. The number of aliphatic hydroxyl groups is 1. The average molecular weight is 259 g/mol. The predicted octanol–water partition coefficient (Wildman–Crippen LogP) is 2.71. The fraction of sp³-hybridized carbons (Fsp3) is 0.438. The van der Waals surface area contributed by atoms with Gasteiger partial charge >= 0.3 is 0 Å². The quantitative estimate of drug-likeness (QED) is 0.802. The van der Waals surface area contributed by atoms with Crippen LogP contribution in [0.3, 0.4) is 0 Å². The Hall–Kier alpha value is -1.79. The minimum atomic E-state index is -0.411. The monoisotopic (exact) mass is 259 g/mol. The third-order valence-electron chi connectivity index (χ3n) is 2.63. The van der Waals surface area contributed by atoms with Crippen molar-refractivity contribution >= 4 is 11.6 Å². The number of rotatable bonds is 2. The Morgan fingerprint density at radius 3 is 2.58 bits per heavy atom. The van der Waals surface area contributed by atoms with Crippen LogP contribution in [0.2, 0.25) is 0 Å². The number of carbonyl (C=O) groups is 1. The number of aryl methyl sites for hydroxylation is 1. The lowest BCUT2D eigenvalue weighted by molar-refractivity contribution is -0.123. The Balaban J connectivity index is 2.84. The molecule has 0 aromatic heterocycles. The van der Waals surface area contributed by atoms with Gasteiger partial charge in [-0.2, -0.15) is 0 Å². The SMILES string of the molecule is Cc1cc(C#CCCO)ccc1NC(=O)C(C)(C)C. The summed E-state index contributed by atoms with van der Waals surface area (Å²) >= 11 is 0. The number of aliphatic hydroxyl groups excluding tert-OH is 1. The van der Waals surface area contributed by atoms with Gasteiger partial charge in [0.25, 0.3) is 0 Å². The van der Waals surface area contributed by atoms with Crippen molar-refractivity contribution in [1.29, 1.82) is 0 Å². The van der Waals surface area contributed by atoms with Crippen molar-refractivity contribution in [2.45, 2.75) is 34.1 Å². The van der Waals surface area contributed by atoms with Crippen LogP contribution in [0, 0.1) is 24.2 Å². The van der Waals surface area contributed by atoms with E-state index in [4.69, 9.17) is 5.11 Å². The van der Waals surface area contributed by atoms with E-state index in [-0.39, 0.29) is 12.5 Å². The van der Waals surface area contributed by atoms with Gasteiger partial charge < -0.3 is 10.4 Å². The van der Waals surface area contributed by atoms with Gasteiger partial charge in [-0.05, 0) is 30.7 Å². The maximum Gasteiger partial charge on any atom is 0.229 e. The van der Waals surface area contributed by atoms with E-state index < -0.39 is 5.41 Å². The first-order chi connectivity index (χ1) is 8.84. The normalized spacial score (nSPS) is 10.6. The molecule has 0 aliphatic heterocycles. The molecule has 102 valence electrons. The molecule has 0 fully saturated rings. The number of nitrogens with one attached hydrogen (secondary N) is 1. The van der Waals surface area contributed by atoms with E-state index in [0.29, 0.717) is 6.42 Å². The molecule has 1 aromatic carbocycles. The van der Waals surface area contributed by atoms with Gasteiger partial charge in [-0.1, -0.05) is 32.6 Å².